The molecule has 84 valence electrons. The molecule has 0 bridgehead atoms. The summed E-state index contributed by atoms with van der Waals surface area (Å²) in [6.07, 6.45) is 3.45. The van der Waals surface area contributed by atoms with E-state index in [1.165, 1.54) is 0 Å². The summed E-state index contributed by atoms with van der Waals surface area (Å²) in [4.78, 5) is 11.3. The standard InChI is InChI=1S/C11H14N4O/c1-8-10(3-4-11(15-8)16-2)13-6-9-5-12-7-14-9/h3-5,7,13H,6H2,1-2H3,(H,12,14). The van der Waals surface area contributed by atoms with E-state index in [-0.39, 0.29) is 0 Å². The van der Waals surface area contributed by atoms with Gasteiger partial charge in [0.25, 0.3) is 0 Å². The van der Waals surface area contributed by atoms with Crippen LogP contribution in [0.5, 0.6) is 5.88 Å². The first-order valence-electron chi connectivity index (χ1n) is 5.02. The molecule has 16 heavy (non-hydrogen) atoms. The molecule has 0 aromatic carbocycles. The highest BCUT2D eigenvalue weighted by Gasteiger charge is 2.01. The Bertz CT molecular complexity index is 453. The van der Waals surface area contributed by atoms with E-state index >= 15 is 0 Å². The van der Waals surface area contributed by atoms with Gasteiger partial charge in [-0.25, -0.2) is 9.97 Å². The maximum Gasteiger partial charge on any atom is 0.213 e. The Balaban J connectivity index is 2.04. The Kier molecular flexibility index (Phi) is 3.05. The predicted molar refractivity (Wildman–Crippen MR) is 61.4 cm³/mol. The number of imidazole rings is 1. The Morgan fingerprint density at radius 1 is 1.44 bits per heavy atom. The Morgan fingerprint density at radius 3 is 2.94 bits per heavy atom. The summed E-state index contributed by atoms with van der Waals surface area (Å²) in [7, 11) is 1.61. The van der Waals surface area contributed by atoms with E-state index in [4.69, 9.17) is 4.74 Å². The van der Waals surface area contributed by atoms with Gasteiger partial charge in [-0.3, -0.25) is 0 Å². The highest BCUT2D eigenvalue weighted by molar-refractivity contribution is 5.48. The van der Waals surface area contributed by atoms with Crippen LogP contribution in [0.2, 0.25) is 0 Å². The highest BCUT2D eigenvalue weighted by Crippen LogP contribution is 2.17. The number of nitrogens with one attached hydrogen (secondary N) is 2. The van der Waals surface area contributed by atoms with Crippen molar-refractivity contribution in [2.75, 3.05) is 12.4 Å². The van der Waals surface area contributed by atoms with Gasteiger partial charge >= 0.3 is 0 Å². The van der Waals surface area contributed by atoms with E-state index in [2.05, 4.69) is 20.3 Å². The van der Waals surface area contributed by atoms with Gasteiger partial charge in [0.1, 0.15) is 0 Å². The number of aromatic nitrogens is 3. The normalized spacial score (nSPS) is 10.1. The van der Waals surface area contributed by atoms with Crippen LogP contribution in [0, 0.1) is 6.92 Å². The summed E-state index contributed by atoms with van der Waals surface area (Å²) < 4.78 is 5.05. The molecule has 2 heterocycles. The molecule has 0 aliphatic carbocycles. The van der Waals surface area contributed by atoms with E-state index < -0.39 is 0 Å². The van der Waals surface area contributed by atoms with Crippen LogP contribution in [-0.4, -0.2) is 22.1 Å². The van der Waals surface area contributed by atoms with Crippen molar-refractivity contribution in [1.29, 1.82) is 0 Å². The number of H-pyrrole nitrogens is 1. The molecule has 0 atom stereocenters. The first-order valence-corrected chi connectivity index (χ1v) is 5.02. The minimum Gasteiger partial charge on any atom is -0.481 e. The molecule has 0 aliphatic rings. The van der Waals surface area contributed by atoms with Crippen LogP contribution in [0.15, 0.2) is 24.7 Å². The molecule has 0 saturated heterocycles. The van der Waals surface area contributed by atoms with Crippen molar-refractivity contribution < 1.29 is 4.74 Å². The molecular formula is C11H14N4O. The topological polar surface area (TPSA) is 62.8 Å². The molecule has 0 spiro atoms. The largest absolute Gasteiger partial charge is 0.481 e. The second-order valence-electron chi connectivity index (χ2n) is 3.42. The predicted octanol–water partition coefficient (Wildman–Crippen LogP) is 1.73. The Hall–Kier alpha value is -2.04. The van der Waals surface area contributed by atoms with Crippen LogP contribution in [0.4, 0.5) is 5.69 Å². The average Bonchev–Trinajstić information content (AvgIpc) is 2.80. The minimum absolute atomic E-state index is 0.629. The van der Waals surface area contributed by atoms with E-state index in [1.807, 2.05) is 19.1 Å². The fourth-order valence-corrected chi connectivity index (χ4v) is 1.41. The summed E-state index contributed by atoms with van der Waals surface area (Å²) in [5, 5.41) is 3.28. The summed E-state index contributed by atoms with van der Waals surface area (Å²) in [6, 6.07) is 3.79. The van der Waals surface area contributed by atoms with Gasteiger partial charge < -0.3 is 15.0 Å². The summed E-state index contributed by atoms with van der Waals surface area (Å²) in [5.41, 5.74) is 2.95. The number of nitrogens with zero attached hydrogens (tertiary/aromatic N) is 2. The van der Waals surface area contributed by atoms with E-state index in [9.17, 15) is 0 Å². The molecule has 2 aromatic rings. The lowest BCUT2D eigenvalue weighted by Crippen LogP contribution is -2.02. The van der Waals surface area contributed by atoms with Crippen molar-refractivity contribution >= 4 is 5.69 Å². The summed E-state index contributed by atoms with van der Waals surface area (Å²) >= 11 is 0. The zero-order valence-corrected chi connectivity index (χ0v) is 9.32. The zero-order valence-electron chi connectivity index (χ0n) is 9.32. The smallest absolute Gasteiger partial charge is 0.213 e. The molecule has 0 radical (unpaired) electrons. The van der Waals surface area contributed by atoms with Gasteiger partial charge in [-0.15, -0.1) is 0 Å². The SMILES string of the molecule is COc1ccc(NCc2cnc[nH]2)c(C)n1. The third-order valence-corrected chi connectivity index (χ3v) is 2.29. The molecule has 5 nitrogen and oxygen atoms in total. The molecule has 2 N–H and O–H groups in total. The van der Waals surface area contributed by atoms with Crippen molar-refractivity contribution in [3.8, 4) is 5.88 Å². The molecule has 0 unspecified atom stereocenters. The molecule has 0 aliphatic heterocycles. The van der Waals surface area contributed by atoms with Crippen LogP contribution < -0.4 is 10.1 Å². The fraction of sp³-hybridized carbons (Fsp3) is 0.273. The molecule has 2 aromatic heterocycles. The van der Waals surface area contributed by atoms with Gasteiger partial charge in [0, 0.05) is 12.3 Å². The Morgan fingerprint density at radius 2 is 2.31 bits per heavy atom. The number of ether oxygens (including phenoxy) is 1. The number of pyridine rings is 1. The quantitative estimate of drug-likeness (QED) is 0.820. The van der Waals surface area contributed by atoms with Crippen molar-refractivity contribution in [3.63, 3.8) is 0 Å². The van der Waals surface area contributed by atoms with Gasteiger partial charge in [0.05, 0.1) is 37.1 Å². The first-order chi connectivity index (χ1) is 7.79. The summed E-state index contributed by atoms with van der Waals surface area (Å²) in [5.74, 6) is 0.629. The van der Waals surface area contributed by atoms with Gasteiger partial charge in [-0.1, -0.05) is 0 Å². The van der Waals surface area contributed by atoms with E-state index in [0.29, 0.717) is 12.4 Å². The number of hydrogen-bond donors (Lipinski definition) is 2. The minimum atomic E-state index is 0.629. The first kappa shape index (κ1) is 10.5. The van der Waals surface area contributed by atoms with Crippen LogP contribution in [0.3, 0.4) is 0 Å². The van der Waals surface area contributed by atoms with Crippen LogP contribution in [-0.2, 0) is 6.54 Å². The number of rotatable bonds is 4. The summed E-state index contributed by atoms with van der Waals surface area (Å²) in [6.45, 7) is 2.65. The third-order valence-electron chi connectivity index (χ3n) is 2.29. The number of methoxy groups -OCH3 is 1. The number of aryl methyl sites for hydroxylation is 1. The average molecular weight is 218 g/mol. The van der Waals surface area contributed by atoms with E-state index in [0.717, 1.165) is 17.1 Å². The maximum absolute atomic E-state index is 5.05. The Labute approximate surface area is 93.9 Å². The van der Waals surface area contributed by atoms with Crippen molar-refractivity contribution in [2.24, 2.45) is 0 Å². The number of anilines is 1. The second kappa shape index (κ2) is 4.65. The van der Waals surface area contributed by atoms with Gasteiger partial charge in [0.15, 0.2) is 0 Å². The van der Waals surface area contributed by atoms with Crippen LogP contribution in [0.1, 0.15) is 11.4 Å². The van der Waals surface area contributed by atoms with Crippen molar-refractivity contribution in [2.45, 2.75) is 13.5 Å². The van der Waals surface area contributed by atoms with Gasteiger partial charge in [-0.05, 0) is 13.0 Å². The molecule has 2 rings (SSSR count). The van der Waals surface area contributed by atoms with Crippen molar-refractivity contribution in [3.05, 3.63) is 36.0 Å². The fourth-order valence-electron chi connectivity index (χ4n) is 1.41. The van der Waals surface area contributed by atoms with Gasteiger partial charge in [0.2, 0.25) is 5.88 Å². The highest BCUT2D eigenvalue weighted by atomic mass is 16.5. The zero-order chi connectivity index (χ0) is 11.4. The monoisotopic (exact) mass is 218 g/mol. The molecule has 0 saturated carbocycles. The molecule has 5 heteroatoms. The lowest BCUT2D eigenvalue weighted by Gasteiger charge is -2.08. The van der Waals surface area contributed by atoms with Crippen LogP contribution >= 0.6 is 0 Å². The molecule has 0 fully saturated rings. The van der Waals surface area contributed by atoms with Crippen molar-refractivity contribution in [1.82, 2.24) is 15.0 Å². The molecular weight excluding hydrogens is 204 g/mol. The van der Waals surface area contributed by atoms with Gasteiger partial charge in [-0.2, -0.15) is 0 Å². The third kappa shape index (κ3) is 2.31. The van der Waals surface area contributed by atoms with E-state index in [1.54, 1.807) is 19.6 Å². The second-order valence-corrected chi connectivity index (χ2v) is 3.42. The molecule has 0 amide bonds. The maximum atomic E-state index is 5.05. The number of aromatic amines is 1. The van der Waals surface area contributed by atoms with Crippen LogP contribution in [0.25, 0.3) is 0 Å². The number of hydrogen-bond acceptors (Lipinski definition) is 4. The lowest BCUT2D eigenvalue weighted by atomic mass is 10.3. The lowest BCUT2D eigenvalue weighted by molar-refractivity contribution is 0.397.